The number of carbonyl (C=O) groups is 1. The zero-order valence-corrected chi connectivity index (χ0v) is 9.49. The molecule has 2 aromatic rings. The Bertz CT molecular complexity index is 546. The lowest BCUT2D eigenvalue weighted by molar-refractivity contribution is 0.0657. The Labute approximate surface area is 101 Å². The van der Waals surface area contributed by atoms with Crippen LogP contribution in [0.1, 0.15) is 21.6 Å². The molecule has 88 valence electrons. The van der Waals surface area contributed by atoms with Gasteiger partial charge >= 0.3 is 5.97 Å². The van der Waals surface area contributed by atoms with Crippen molar-refractivity contribution in [2.45, 2.75) is 10.1 Å². The summed E-state index contributed by atoms with van der Waals surface area (Å²) in [7, 11) is 0. The number of furan rings is 2. The molecule has 1 aliphatic heterocycles. The van der Waals surface area contributed by atoms with Gasteiger partial charge in [-0.15, -0.1) is 11.8 Å². The highest BCUT2D eigenvalue weighted by Gasteiger charge is 2.29. The van der Waals surface area contributed by atoms with E-state index in [1.165, 1.54) is 18.0 Å². The number of carboxylic acids is 1. The van der Waals surface area contributed by atoms with E-state index in [1.54, 1.807) is 6.26 Å². The first-order valence-electron chi connectivity index (χ1n) is 5.04. The second-order valence-corrected chi connectivity index (χ2v) is 4.83. The summed E-state index contributed by atoms with van der Waals surface area (Å²) in [5, 5.41) is 12.2. The lowest BCUT2D eigenvalue weighted by Crippen LogP contribution is -2.14. The first-order chi connectivity index (χ1) is 8.25. The van der Waals surface area contributed by atoms with Crippen LogP contribution in [-0.4, -0.2) is 17.6 Å². The zero-order valence-electron chi connectivity index (χ0n) is 8.67. The van der Waals surface area contributed by atoms with Crippen LogP contribution in [0.2, 0.25) is 0 Å². The maximum atomic E-state index is 11.0. The molecular formula is C11H9NO4S. The van der Waals surface area contributed by atoms with Crippen LogP contribution in [0.4, 0.5) is 5.69 Å². The number of nitrogens with one attached hydrogen (secondary N) is 1. The van der Waals surface area contributed by atoms with E-state index < -0.39 is 5.97 Å². The predicted molar refractivity (Wildman–Crippen MR) is 61.5 cm³/mol. The van der Waals surface area contributed by atoms with Gasteiger partial charge in [0.1, 0.15) is 12.0 Å². The fourth-order valence-corrected chi connectivity index (χ4v) is 2.94. The average Bonchev–Trinajstić information content (AvgIpc) is 2.97. The molecule has 2 N–H and O–H groups in total. The van der Waals surface area contributed by atoms with E-state index in [0.717, 1.165) is 11.4 Å². The van der Waals surface area contributed by atoms with Crippen LogP contribution in [0, 0.1) is 0 Å². The number of hydrogen-bond acceptors (Lipinski definition) is 5. The normalized spacial score (nSPS) is 18.5. The topological polar surface area (TPSA) is 75.6 Å². The SMILES string of the molecule is O=C(O)c1occ2c1SC(c1ccco1)CN2. The third kappa shape index (κ3) is 1.70. The molecule has 5 nitrogen and oxygen atoms in total. The van der Waals surface area contributed by atoms with Crippen molar-refractivity contribution in [2.75, 3.05) is 11.9 Å². The van der Waals surface area contributed by atoms with Crippen molar-refractivity contribution in [1.29, 1.82) is 0 Å². The lowest BCUT2D eigenvalue weighted by Gasteiger charge is -2.21. The molecule has 0 bridgehead atoms. The number of rotatable bonds is 2. The first kappa shape index (κ1) is 10.3. The fourth-order valence-electron chi connectivity index (χ4n) is 1.75. The molecule has 1 atom stereocenters. The molecular weight excluding hydrogens is 242 g/mol. The quantitative estimate of drug-likeness (QED) is 0.854. The number of anilines is 1. The number of hydrogen-bond donors (Lipinski definition) is 2. The van der Waals surface area contributed by atoms with Crippen LogP contribution >= 0.6 is 11.8 Å². The number of carboxylic acid groups (broad SMARTS) is 1. The highest BCUT2D eigenvalue weighted by atomic mass is 32.2. The highest BCUT2D eigenvalue weighted by Crippen LogP contribution is 2.45. The van der Waals surface area contributed by atoms with E-state index in [2.05, 4.69) is 5.32 Å². The average molecular weight is 251 g/mol. The summed E-state index contributed by atoms with van der Waals surface area (Å²) in [5.41, 5.74) is 0.732. The Morgan fingerprint density at radius 3 is 3.12 bits per heavy atom. The molecule has 17 heavy (non-hydrogen) atoms. The third-order valence-electron chi connectivity index (χ3n) is 2.54. The van der Waals surface area contributed by atoms with Crippen molar-refractivity contribution >= 4 is 23.4 Å². The van der Waals surface area contributed by atoms with Gasteiger partial charge in [0.05, 0.1) is 22.1 Å². The van der Waals surface area contributed by atoms with Gasteiger partial charge in [0.25, 0.3) is 0 Å². The lowest BCUT2D eigenvalue weighted by atomic mass is 10.3. The smallest absolute Gasteiger partial charge is 0.373 e. The van der Waals surface area contributed by atoms with Crippen molar-refractivity contribution in [3.63, 3.8) is 0 Å². The minimum absolute atomic E-state index is 0.0197. The Kier molecular flexibility index (Phi) is 2.36. The summed E-state index contributed by atoms with van der Waals surface area (Å²) >= 11 is 1.45. The Morgan fingerprint density at radius 1 is 1.53 bits per heavy atom. The summed E-state index contributed by atoms with van der Waals surface area (Å²) in [5.74, 6) is -0.250. The van der Waals surface area contributed by atoms with E-state index in [4.69, 9.17) is 13.9 Å². The van der Waals surface area contributed by atoms with Crippen molar-refractivity contribution in [1.82, 2.24) is 0 Å². The Balaban J connectivity index is 1.94. The molecule has 0 saturated carbocycles. The summed E-state index contributed by atoms with van der Waals surface area (Å²) in [4.78, 5) is 11.6. The molecule has 1 unspecified atom stereocenters. The van der Waals surface area contributed by atoms with Gasteiger partial charge in [0.2, 0.25) is 5.76 Å². The molecule has 0 spiro atoms. The zero-order chi connectivity index (χ0) is 11.8. The van der Waals surface area contributed by atoms with Crippen molar-refractivity contribution in [3.05, 3.63) is 36.2 Å². The molecule has 3 rings (SSSR count). The Morgan fingerprint density at radius 2 is 2.41 bits per heavy atom. The maximum absolute atomic E-state index is 11.0. The number of fused-ring (bicyclic) bond motifs is 1. The molecule has 0 fully saturated rings. The minimum atomic E-state index is -1.05. The molecule has 0 radical (unpaired) electrons. The summed E-state index contributed by atoms with van der Waals surface area (Å²) in [6, 6.07) is 3.70. The van der Waals surface area contributed by atoms with Crippen LogP contribution in [0.15, 0.2) is 38.4 Å². The molecule has 2 aromatic heterocycles. The molecule has 0 aliphatic carbocycles. The van der Waals surface area contributed by atoms with E-state index in [-0.39, 0.29) is 11.0 Å². The maximum Gasteiger partial charge on any atom is 0.373 e. The summed E-state index contributed by atoms with van der Waals surface area (Å²) < 4.78 is 10.4. The van der Waals surface area contributed by atoms with E-state index in [0.29, 0.717) is 11.4 Å². The van der Waals surface area contributed by atoms with Gasteiger partial charge in [-0.3, -0.25) is 0 Å². The second kappa shape index (κ2) is 3.89. The first-order valence-corrected chi connectivity index (χ1v) is 5.92. The van der Waals surface area contributed by atoms with Crippen molar-refractivity contribution in [2.24, 2.45) is 0 Å². The van der Waals surface area contributed by atoms with Crippen LogP contribution < -0.4 is 5.32 Å². The van der Waals surface area contributed by atoms with Gasteiger partial charge in [-0.1, -0.05) is 0 Å². The van der Waals surface area contributed by atoms with Crippen LogP contribution in [0.3, 0.4) is 0 Å². The minimum Gasteiger partial charge on any atom is -0.475 e. The van der Waals surface area contributed by atoms with Gasteiger partial charge < -0.3 is 19.3 Å². The second-order valence-electron chi connectivity index (χ2n) is 3.62. The number of aromatic carboxylic acids is 1. The van der Waals surface area contributed by atoms with E-state index in [9.17, 15) is 4.79 Å². The van der Waals surface area contributed by atoms with E-state index >= 15 is 0 Å². The van der Waals surface area contributed by atoms with Crippen LogP contribution in [0.5, 0.6) is 0 Å². The van der Waals surface area contributed by atoms with Crippen molar-refractivity contribution < 1.29 is 18.7 Å². The highest BCUT2D eigenvalue weighted by molar-refractivity contribution is 7.99. The number of thioether (sulfide) groups is 1. The van der Waals surface area contributed by atoms with Gasteiger partial charge in [-0.05, 0) is 12.1 Å². The van der Waals surface area contributed by atoms with Crippen molar-refractivity contribution in [3.8, 4) is 0 Å². The molecule has 3 heterocycles. The molecule has 6 heteroatoms. The standard InChI is InChI=1S/C11H9NO4S/c13-11(14)9-10-6(5-16-9)12-4-8(17-10)7-2-1-3-15-7/h1-3,5,8,12H,4H2,(H,13,14). The third-order valence-corrected chi connectivity index (χ3v) is 3.86. The van der Waals surface area contributed by atoms with Crippen LogP contribution in [-0.2, 0) is 0 Å². The van der Waals surface area contributed by atoms with Gasteiger partial charge in [-0.25, -0.2) is 4.79 Å². The van der Waals surface area contributed by atoms with Crippen LogP contribution in [0.25, 0.3) is 0 Å². The Hall–Kier alpha value is -1.82. The molecule has 1 aliphatic rings. The largest absolute Gasteiger partial charge is 0.475 e. The fraction of sp³-hybridized carbons (Fsp3) is 0.182. The molecule has 0 aromatic carbocycles. The van der Waals surface area contributed by atoms with Gasteiger partial charge in [0, 0.05) is 6.54 Å². The summed E-state index contributed by atoms with van der Waals surface area (Å²) in [6.07, 6.45) is 3.04. The van der Waals surface area contributed by atoms with Gasteiger partial charge in [-0.2, -0.15) is 0 Å². The molecule has 0 amide bonds. The summed E-state index contributed by atoms with van der Waals surface area (Å²) in [6.45, 7) is 0.684. The predicted octanol–water partition coefficient (Wildman–Crippen LogP) is 2.83. The monoisotopic (exact) mass is 251 g/mol. The molecule has 0 saturated heterocycles. The van der Waals surface area contributed by atoms with E-state index in [1.807, 2.05) is 12.1 Å². The van der Waals surface area contributed by atoms with Gasteiger partial charge in [0.15, 0.2) is 0 Å².